The van der Waals surface area contributed by atoms with Crippen LogP contribution in [0.25, 0.3) is 0 Å². The third-order valence-corrected chi connectivity index (χ3v) is 3.56. The molecule has 0 aliphatic carbocycles. The molecular weight excluding hydrogens is 232 g/mol. The van der Waals surface area contributed by atoms with Gasteiger partial charge in [-0.25, -0.2) is 0 Å². The van der Waals surface area contributed by atoms with Gasteiger partial charge in [-0.1, -0.05) is 66.7 Å². The van der Waals surface area contributed by atoms with Gasteiger partial charge in [0, 0.05) is 0 Å². The summed E-state index contributed by atoms with van der Waals surface area (Å²) >= 11 is 0. The van der Waals surface area contributed by atoms with Gasteiger partial charge >= 0.3 is 0 Å². The summed E-state index contributed by atoms with van der Waals surface area (Å²) in [6, 6.07) is 6.56. The largest absolute Gasteiger partial charge is 0.388 e. The van der Waals surface area contributed by atoms with Gasteiger partial charge in [0.15, 0.2) is 0 Å². The lowest BCUT2D eigenvalue weighted by Crippen LogP contribution is -2.13. The maximum Gasteiger partial charge on any atom is 0.0797 e. The Bertz CT molecular complexity index is 410. The van der Waals surface area contributed by atoms with E-state index < -0.39 is 0 Å². The number of aliphatic hydroxyl groups is 1. The van der Waals surface area contributed by atoms with Crippen LogP contribution < -0.4 is 0 Å². The van der Waals surface area contributed by atoms with Gasteiger partial charge in [-0.2, -0.15) is 0 Å². The third kappa shape index (κ3) is 4.65. The average Bonchev–Trinajstić information content (AvgIpc) is 2.25. The Kier molecular flexibility index (Phi) is 5.20. The van der Waals surface area contributed by atoms with E-state index in [2.05, 4.69) is 66.7 Å². The predicted molar refractivity (Wildman–Crippen MR) is 83.7 cm³/mol. The zero-order valence-corrected chi connectivity index (χ0v) is 13.6. The molecule has 1 nitrogen and oxygen atoms in total. The number of rotatable bonds is 4. The quantitative estimate of drug-likeness (QED) is 0.770. The highest BCUT2D eigenvalue weighted by atomic mass is 16.3. The second-order valence-electron chi connectivity index (χ2n) is 7.48. The van der Waals surface area contributed by atoms with Gasteiger partial charge in [0.05, 0.1) is 6.10 Å². The molecule has 0 aliphatic heterocycles. The lowest BCUT2D eigenvalue weighted by atomic mass is 9.83. The molecule has 108 valence electrons. The molecule has 1 aromatic carbocycles. The normalized spacial score (nSPS) is 14.2. The van der Waals surface area contributed by atoms with Crippen LogP contribution in [0, 0.1) is 5.41 Å². The van der Waals surface area contributed by atoms with Gasteiger partial charge < -0.3 is 5.11 Å². The Hall–Kier alpha value is -0.820. The highest BCUT2D eigenvalue weighted by Gasteiger charge is 2.21. The first kappa shape index (κ1) is 16.2. The van der Waals surface area contributed by atoms with Gasteiger partial charge in [-0.3, -0.25) is 0 Å². The maximum absolute atomic E-state index is 10.5. The van der Waals surface area contributed by atoms with Crippen LogP contribution in [-0.2, 0) is 0 Å². The van der Waals surface area contributed by atoms with E-state index in [4.69, 9.17) is 0 Å². The number of hydrogen-bond acceptors (Lipinski definition) is 1. The van der Waals surface area contributed by atoms with E-state index in [1.807, 2.05) is 0 Å². The minimum absolute atomic E-state index is 0.143. The molecule has 0 amide bonds. The summed E-state index contributed by atoms with van der Waals surface area (Å²) in [6.07, 6.45) is 0.437. The predicted octanol–water partition coefficient (Wildman–Crippen LogP) is 5.40. The standard InChI is InChI=1S/C18H30O/c1-12(2)14-8-9-15(16(10-14)13(3)4)17(19)11-18(5,6)7/h8-10,12-13,17,19H,11H2,1-7H3. The topological polar surface area (TPSA) is 20.2 Å². The van der Waals surface area contributed by atoms with Crippen molar-refractivity contribution in [1.82, 2.24) is 0 Å². The molecule has 0 heterocycles. The summed E-state index contributed by atoms with van der Waals surface area (Å²) in [6.45, 7) is 15.4. The molecule has 1 unspecified atom stereocenters. The Morgan fingerprint density at radius 3 is 1.95 bits per heavy atom. The fourth-order valence-electron chi connectivity index (χ4n) is 2.45. The highest BCUT2D eigenvalue weighted by molar-refractivity contribution is 5.37. The average molecular weight is 262 g/mol. The molecule has 19 heavy (non-hydrogen) atoms. The molecule has 1 atom stereocenters. The van der Waals surface area contributed by atoms with Crippen molar-refractivity contribution in [2.75, 3.05) is 0 Å². The van der Waals surface area contributed by atoms with Crippen molar-refractivity contribution in [2.24, 2.45) is 5.41 Å². The van der Waals surface area contributed by atoms with Gasteiger partial charge in [0.1, 0.15) is 0 Å². The molecule has 0 aliphatic rings. The third-order valence-electron chi connectivity index (χ3n) is 3.56. The van der Waals surface area contributed by atoms with Crippen LogP contribution in [0.1, 0.15) is 89.5 Å². The van der Waals surface area contributed by atoms with Crippen LogP contribution in [0.3, 0.4) is 0 Å². The monoisotopic (exact) mass is 262 g/mol. The fraction of sp³-hybridized carbons (Fsp3) is 0.667. The first-order valence-electron chi connectivity index (χ1n) is 7.43. The van der Waals surface area contributed by atoms with Crippen molar-refractivity contribution < 1.29 is 5.11 Å². The maximum atomic E-state index is 10.5. The molecule has 0 saturated heterocycles. The van der Waals surface area contributed by atoms with Crippen molar-refractivity contribution in [1.29, 1.82) is 0 Å². The summed E-state index contributed by atoms with van der Waals surface area (Å²) in [5.74, 6) is 0.981. The zero-order chi connectivity index (χ0) is 14.8. The summed E-state index contributed by atoms with van der Waals surface area (Å²) in [7, 11) is 0. The van der Waals surface area contributed by atoms with Crippen molar-refractivity contribution >= 4 is 0 Å². The lowest BCUT2D eigenvalue weighted by Gasteiger charge is -2.26. The van der Waals surface area contributed by atoms with E-state index in [0.717, 1.165) is 12.0 Å². The molecule has 1 aromatic rings. The van der Waals surface area contributed by atoms with Crippen LogP contribution in [0.15, 0.2) is 18.2 Å². The van der Waals surface area contributed by atoms with E-state index >= 15 is 0 Å². The Morgan fingerprint density at radius 2 is 1.53 bits per heavy atom. The summed E-state index contributed by atoms with van der Waals surface area (Å²) in [4.78, 5) is 0. The number of hydrogen-bond donors (Lipinski definition) is 1. The molecule has 1 rings (SSSR count). The summed E-state index contributed by atoms with van der Waals surface area (Å²) in [5.41, 5.74) is 3.90. The summed E-state index contributed by atoms with van der Waals surface area (Å²) < 4.78 is 0. The van der Waals surface area contributed by atoms with E-state index in [1.54, 1.807) is 0 Å². The second kappa shape index (κ2) is 6.09. The lowest BCUT2D eigenvalue weighted by molar-refractivity contribution is 0.121. The van der Waals surface area contributed by atoms with Gasteiger partial charge in [0.25, 0.3) is 0 Å². The van der Waals surface area contributed by atoms with E-state index in [1.165, 1.54) is 11.1 Å². The molecule has 0 spiro atoms. The van der Waals surface area contributed by atoms with Gasteiger partial charge in [-0.15, -0.1) is 0 Å². The highest BCUT2D eigenvalue weighted by Crippen LogP contribution is 2.34. The minimum Gasteiger partial charge on any atom is -0.388 e. The van der Waals surface area contributed by atoms with Crippen LogP contribution in [0.2, 0.25) is 0 Å². The van der Waals surface area contributed by atoms with Crippen molar-refractivity contribution in [2.45, 2.75) is 72.8 Å². The van der Waals surface area contributed by atoms with Crippen LogP contribution in [-0.4, -0.2) is 5.11 Å². The Balaban J connectivity index is 3.13. The molecule has 0 fully saturated rings. The first-order chi connectivity index (χ1) is 8.61. The van der Waals surface area contributed by atoms with Crippen LogP contribution in [0.4, 0.5) is 0 Å². The molecule has 0 bridgehead atoms. The Morgan fingerprint density at radius 1 is 0.947 bits per heavy atom. The van der Waals surface area contributed by atoms with Crippen molar-refractivity contribution in [3.05, 3.63) is 34.9 Å². The molecule has 1 N–H and O–H groups in total. The van der Waals surface area contributed by atoms with E-state index in [0.29, 0.717) is 11.8 Å². The molecule has 1 heteroatoms. The fourth-order valence-corrected chi connectivity index (χ4v) is 2.45. The smallest absolute Gasteiger partial charge is 0.0797 e. The van der Waals surface area contributed by atoms with Crippen LogP contribution >= 0.6 is 0 Å². The molecule has 0 saturated carbocycles. The Labute approximate surface area is 119 Å². The van der Waals surface area contributed by atoms with Crippen molar-refractivity contribution in [3.8, 4) is 0 Å². The minimum atomic E-state index is -0.362. The van der Waals surface area contributed by atoms with Crippen LogP contribution in [0.5, 0.6) is 0 Å². The zero-order valence-electron chi connectivity index (χ0n) is 13.6. The first-order valence-corrected chi connectivity index (χ1v) is 7.43. The molecular formula is C18H30O. The number of aliphatic hydroxyl groups excluding tert-OH is 1. The summed E-state index contributed by atoms with van der Waals surface area (Å²) in [5, 5.41) is 10.5. The van der Waals surface area contributed by atoms with Crippen molar-refractivity contribution in [3.63, 3.8) is 0 Å². The molecule has 0 aromatic heterocycles. The van der Waals surface area contributed by atoms with E-state index in [9.17, 15) is 5.11 Å². The number of benzene rings is 1. The van der Waals surface area contributed by atoms with E-state index in [-0.39, 0.29) is 11.5 Å². The second-order valence-corrected chi connectivity index (χ2v) is 7.48. The van der Waals surface area contributed by atoms with Gasteiger partial charge in [0.2, 0.25) is 0 Å². The van der Waals surface area contributed by atoms with Gasteiger partial charge in [-0.05, 0) is 40.4 Å². The SMILES string of the molecule is CC(C)c1ccc(C(O)CC(C)(C)C)c(C(C)C)c1. The molecule has 0 radical (unpaired) electrons.